The molecule has 0 bridgehead atoms. The second-order valence-corrected chi connectivity index (χ2v) is 4.22. The minimum absolute atomic E-state index is 0.0389. The molecular weight excluding hydrogens is 206 g/mol. The van der Waals surface area contributed by atoms with E-state index in [9.17, 15) is 9.59 Å². The predicted octanol–water partition coefficient (Wildman–Crippen LogP) is 1.96. The molecule has 0 aromatic carbocycles. The zero-order valence-corrected chi connectivity index (χ0v) is 10.4. The number of nitrogens with one attached hydrogen (secondary N) is 1. The molecule has 0 saturated heterocycles. The molecule has 2 N–H and O–H groups in total. The van der Waals surface area contributed by atoms with Crippen molar-refractivity contribution in [3.63, 3.8) is 0 Å². The summed E-state index contributed by atoms with van der Waals surface area (Å²) in [5.74, 6) is -0.965. The number of carboxylic acid groups (broad SMARTS) is 1. The molecule has 16 heavy (non-hydrogen) atoms. The van der Waals surface area contributed by atoms with Gasteiger partial charge in [0.2, 0.25) is 5.91 Å². The summed E-state index contributed by atoms with van der Waals surface area (Å²) in [5, 5.41) is 11.5. The van der Waals surface area contributed by atoms with E-state index < -0.39 is 5.97 Å². The normalized spacial score (nSPS) is 13.7. The van der Waals surface area contributed by atoms with Gasteiger partial charge >= 0.3 is 5.97 Å². The monoisotopic (exact) mass is 227 g/mol. The van der Waals surface area contributed by atoms with Crippen LogP contribution in [0.2, 0.25) is 0 Å². The van der Waals surface area contributed by atoms with Crippen LogP contribution in [0.1, 0.15) is 40.5 Å². The summed E-state index contributed by atoms with van der Waals surface area (Å²) < 4.78 is 0. The van der Waals surface area contributed by atoms with Crippen molar-refractivity contribution in [2.75, 3.05) is 0 Å². The third kappa shape index (κ3) is 5.53. The first-order valence-electron chi connectivity index (χ1n) is 5.57. The fourth-order valence-electron chi connectivity index (χ4n) is 1.32. The molecule has 0 aliphatic carbocycles. The molecule has 0 rings (SSSR count). The number of carbonyl (C=O) groups is 2. The van der Waals surface area contributed by atoms with Crippen LogP contribution in [0.4, 0.5) is 0 Å². The van der Waals surface area contributed by atoms with Gasteiger partial charge in [0, 0.05) is 11.6 Å². The van der Waals surface area contributed by atoms with Crippen molar-refractivity contribution in [3.05, 3.63) is 11.6 Å². The highest BCUT2D eigenvalue weighted by atomic mass is 16.4. The van der Waals surface area contributed by atoms with Gasteiger partial charge < -0.3 is 10.4 Å². The van der Waals surface area contributed by atoms with Crippen molar-refractivity contribution in [3.8, 4) is 0 Å². The lowest BCUT2D eigenvalue weighted by molar-refractivity contribution is -0.138. The first-order valence-corrected chi connectivity index (χ1v) is 5.57. The minimum atomic E-state index is -0.892. The zero-order valence-electron chi connectivity index (χ0n) is 10.4. The van der Waals surface area contributed by atoms with Crippen LogP contribution in [0.25, 0.3) is 0 Å². The van der Waals surface area contributed by atoms with Crippen molar-refractivity contribution in [2.24, 2.45) is 5.92 Å². The Kier molecular flexibility index (Phi) is 6.46. The van der Waals surface area contributed by atoms with Crippen LogP contribution in [0, 0.1) is 5.92 Å². The van der Waals surface area contributed by atoms with Gasteiger partial charge in [0.1, 0.15) is 0 Å². The van der Waals surface area contributed by atoms with E-state index in [1.807, 2.05) is 26.8 Å². The summed E-state index contributed by atoms with van der Waals surface area (Å²) in [5.41, 5.74) is 0.638. The van der Waals surface area contributed by atoms with Gasteiger partial charge in [0.05, 0.1) is 6.42 Å². The van der Waals surface area contributed by atoms with Crippen LogP contribution in [0.3, 0.4) is 0 Å². The van der Waals surface area contributed by atoms with Gasteiger partial charge in [-0.3, -0.25) is 9.59 Å². The summed E-state index contributed by atoms with van der Waals surface area (Å²) in [6.07, 6.45) is 2.58. The van der Waals surface area contributed by atoms with Crippen LogP contribution in [0.5, 0.6) is 0 Å². The van der Waals surface area contributed by atoms with E-state index >= 15 is 0 Å². The highest BCUT2D eigenvalue weighted by Crippen LogP contribution is 2.07. The number of carbonyl (C=O) groups excluding carboxylic acids is 1. The van der Waals surface area contributed by atoms with Crippen molar-refractivity contribution in [1.29, 1.82) is 0 Å². The summed E-state index contributed by atoms with van der Waals surface area (Å²) >= 11 is 0. The van der Waals surface area contributed by atoms with E-state index in [-0.39, 0.29) is 24.3 Å². The Hall–Kier alpha value is -1.32. The molecule has 0 saturated carbocycles. The van der Waals surface area contributed by atoms with E-state index in [1.165, 1.54) is 0 Å². The summed E-state index contributed by atoms with van der Waals surface area (Å²) in [6.45, 7) is 7.48. The lowest BCUT2D eigenvalue weighted by Gasteiger charge is -2.20. The number of amides is 1. The lowest BCUT2D eigenvalue weighted by atomic mass is 10.0. The van der Waals surface area contributed by atoms with Crippen LogP contribution in [-0.2, 0) is 9.59 Å². The summed E-state index contributed by atoms with van der Waals surface area (Å²) in [7, 11) is 0. The van der Waals surface area contributed by atoms with Crippen molar-refractivity contribution >= 4 is 11.9 Å². The molecular formula is C12H21NO3. The van der Waals surface area contributed by atoms with E-state index in [0.29, 0.717) is 5.57 Å². The molecule has 1 amide bonds. The maximum absolute atomic E-state index is 11.7. The van der Waals surface area contributed by atoms with Gasteiger partial charge in [-0.2, -0.15) is 0 Å². The van der Waals surface area contributed by atoms with Crippen LogP contribution in [0.15, 0.2) is 11.6 Å². The first-order chi connectivity index (χ1) is 7.38. The van der Waals surface area contributed by atoms with E-state index in [4.69, 9.17) is 5.11 Å². The highest BCUT2D eigenvalue weighted by Gasteiger charge is 2.19. The van der Waals surface area contributed by atoms with Gasteiger partial charge in [-0.15, -0.1) is 0 Å². The molecule has 4 heteroatoms. The standard InChI is InChI=1S/C12H21NO3/c1-5-6-9(4)12(16)13-10(8(2)3)7-11(14)15/h6,8,10H,5,7H2,1-4H3,(H,13,16)(H,14,15)/b9-6-. The fourth-order valence-corrected chi connectivity index (χ4v) is 1.32. The predicted molar refractivity (Wildman–Crippen MR) is 63.1 cm³/mol. The highest BCUT2D eigenvalue weighted by molar-refractivity contribution is 5.93. The molecule has 4 nitrogen and oxygen atoms in total. The summed E-state index contributed by atoms with van der Waals surface area (Å²) in [4.78, 5) is 22.3. The Morgan fingerprint density at radius 2 is 1.94 bits per heavy atom. The molecule has 0 radical (unpaired) electrons. The van der Waals surface area contributed by atoms with E-state index in [0.717, 1.165) is 6.42 Å². The molecule has 1 unspecified atom stereocenters. The Morgan fingerprint density at radius 3 is 2.31 bits per heavy atom. The molecule has 0 aromatic heterocycles. The SMILES string of the molecule is CC/C=C(/C)C(=O)NC(CC(=O)O)C(C)C. The number of aliphatic carboxylic acids is 1. The molecule has 0 fully saturated rings. The average molecular weight is 227 g/mol. The van der Waals surface area contributed by atoms with Crippen molar-refractivity contribution in [1.82, 2.24) is 5.32 Å². The van der Waals surface area contributed by atoms with E-state index in [2.05, 4.69) is 5.32 Å². The Balaban J connectivity index is 4.46. The van der Waals surface area contributed by atoms with Gasteiger partial charge in [0.15, 0.2) is 0 Å². The zero-order chi connectivity index (χ0) is 12.7. The molecule has 0 aromatic rings. The largest absolute Gasteiger partial charge is 0.481 e. The molecule has 0 spiro atoms. The minimum Gasteiger partial charge on any atom is -0.481 e. The third-order valence-electron chi connectivity index (χ3n) is 2.38. The van der Waals surface area contributed by atoms with Crippen LogP contribution >= 0.6 is 0 Å². The molecule has 0 heterocycles. The molecule has 0 aliphatic rings. The number of allylic oxidation sites excluding steroid dienone is 1. The second kappa shape index (κ2) is 7.04. The molecule has 92 valence electrons. The fraction of sp³-hybridized carbons (Fsp3) is 0.667. The van der Waals surface area contributed by atoms with Gasteiger partial charge in [-0.05, 0) is 19.3 Å². The Morgan fingerprint density at radius 1 is 1.38 bits per heavy atom. The number of carboxylic acids is 1. The summed E-state index contributed by atoms with van der Waals surface area (Å²) in [6, 6.07) is -0.315. The first kappa shape index (κ1) is 14.7. The average Bonchev–Trinajstić information content (AvgIpc) is 2.16. The van der Waals surface area contributed by atoms with Gasteiger partial charge in [-0.1, -0.05) is 26.8 Å². The number of hydrogen-bond donors (Lipinski definition) is 2. The topological polar surface area (TPSA) is 66.4 Å². The number of rotatable bonds is 6. The van der Waals surface area contributed by atoms with Gasteiger partial charge in [0.25, 0.3) is 0 Å². The van der Waals surface area contributed by atoms with Crippen LogP contribution in [-0.4, -0.2) is 23.0 Å². The molecule has 0 aliphatic heterocycles. The number of hydrogen-bond acceptors (Lipinski definition) is 2. The Bertz CT molecular complexity index is 282. The Labute approximate surface area is 96.7 Å². The van der Waals surface area contributed by atoms with Crippen molar-refractivity contribution < 1.29 is 14.7 Å². The third-order valence-corrected chi connectivity index (χ3v) is 2.38. The molecule has 1 atom stereocenters. The maximum atomic E-state index is 11.7. The van der Waals surface area contributed by atoms with Crippen LogP contribution < -0.4 is 5.32 Å². The quantitative estimate of drug-likeness (QED) is 0.682. The lowest BCUT2D eigenvalue weighted by Crippen LogP contribution is -2.40. The maximum Gasteiger partial charge on any atom is 0.305 e. The smallest absolute Gasteiger partial charge is 0.305 e. The van der Waals surface area contributed by atoms with Gasteiger partial charge in [-0.25, -0.2) is 0 Å². The van der Waals surface area contributed by atoms with Crippen molar-refractivity contribution in [2.45, 2.75) is 46.6 Å². The van der Waals surface area contributed by atoms with E-state index in [1.54, 1.807) is 6.92 Å². The second-order valence-electron chi connectivity index (χ2n) is 4.22.